The summed E-state index contributed by atoms with van der Waals surface area (Å²) in [5, 5.41) is 2.98. The Balaban J connectivity index is 1.20. The van der Waals surface area contributed by atoms with Gasteiger partial charge in [0, 0.05) is 44.8 Å². The average Bonchev–Trinajstić information content (AvgIpc) is 3.41. The molecule has 3 heterocycles. The van der Waals surface area contributed by atoms with Crippen LogP contribution in [0, 0.1) is 0 Å². The number of nitrogens with one attached hydrogen (secondary N) is 1. The zero-order valence-corrected chi connectivity index (χ0v) is 20.0. The van der Waals surface area contributed by atoms with E-state index in [0.717, 1.165) is 64.8 Å². The van der Waals surface area contributed by atoms with Crippen molar-refractivity contribution in [2.75, 3.05) is 32.7 Å². The fraction of sp³-hybridized carbons (Fsp3) is 0.393. The molecule has 1 saturated heterocycles. The van der Waals surface area contributed by atoms with Gasteiger partial charge in [-0.05, 0) is 49.3 Å². The Morgan fingerprint density at radius 1 is 0.943 bits per heavy atom. The van der Waals surface area contributed by atoms with E-state index in [0.29, 0.717) is 23.4 Å². The number of carbonyl (C=O) groups is 2. The molecule has 0 aliphatic carbocycles. The lowest BCUT2D eigenvalue weighted by Crippen LogP contribution is -2.36. The van der Waals surface area contributed by atoms with Crippen LogP contribution in [0.5, 0.6) is 0 Å². The molecule has 1 N–H and O–H groups in total. The maximum atomic E-state index is 13.2. The number of piperidine rings is 1. The zero-order chi connectivity index (χ0) is 24.0. The van der Waals surface area contributed by atoms with E-state index >= 15 is 0 Å². The van der Waals surface area contributed by atoms with Crippen molar-refractivity contribution in [3.8, 4) is 11.3 Å². The molecule has 7 heteroatoms. The Morgan fingerprint density at radius 2 is 1.71 bits per heavy atom. The van der Waals surface area contributed by atoms with Crippen LogP contribution in [0.4, 0.5) is 0 Å². The highest BCUT2D eigenvalue weighted by Crippen LogP contribution is 2.28. The van der Waals surface area contributed by atoms with Crippen molar-refractivity contribution in [2.24, 2.45) is 0 Å². The number of nitrogens with zero attached hydrogens (tertiary/aromatic N) is 3. The molecule has 3 aromatic rings. The number of amides is 2. The summed E-state index contributed by atoms with van der Waals surface area (Å²) in [6, 6.07) is 15.9. The second-order valence-corrected chi connectivity index (χ2v) is 9.33. The normalized spacial score (nSPS) is 16.1. The van der Waals surface area contributed by atoms with Gasteiger partial charge in [-0.3, -0.25) is 14.5 Å². The third kappa shape index (κ3) is 5.30. The lowest BCUT2D eigenvalue weighted by molar-refractivity contribution is 0.0724. The highest BCUT2D eigenvalue weighted by atomic mass is 16.3. The molecular formula is C28H32N4O3. The Kier molecular flexibility index (Phi) is 7.23. The van der Waals surface area contributed by atoms with Crippen molar-refractivity contribution in [1.29, 1.82) is 0 Å². The number of oxazole rings is 1. The molecule has 0 bridgehead atoms. The van der Waals surface area contributed by atoms with Gasteiger partial charge in [0.15, 0.2) is 17.8 Å². The van der Waals surface area contributed by atoms with E-state index in [-0.39, 0.29) is 17.5 Å². The number of aromatic nitrogens is 1. The van der Waals surface area contributed by atoms with E-state index in [1.54, 1.807) is 6.07 Å². The Bertz CT molecular complexity index is 1180. The first-order valence-corrected chi connectivity index (χ1v) is 12.6. The second-order valence-electron chi connectivity index (χ2n) is 9.33. The second kappa shape index (κ2) is 10.9. The number of benzene rings is 2. The molecule has 35 heavy (non-hydrogen) atoms. The van der Waals surface area contributed by atoms with Crippen molar-refractivity contribution in [1.82, 2.24) is 20.1 Å². The minimum Gasteiger partial charge on any atom is -0.443 e. The van der Waals surface area contributed by atoms with Crippen LogP contribution in [0.3, 0.4) is 0 Å². The molecule has 2 aliphatic heterocycles. The lowest BCUT2D eigenvalue weighted by Gasteiger charge is -2.28. The third-order valence-corrected chi connectivity index (χ3v) is 6.97. The van der Waals surface area contributed by atoms with Crippen LogP contribution < -0.4 is 5.32 Å². The van der Waals surface area contributed by atoms with Gasteiger partial charge in [0.25, 0.3) is 11.8 Å². The molecule has 2 amide bonds. The predicted octanol–water partition coefficient (Wildman–Crippen LogP) is 4.15. The Morgan fingerprint density at radius 3 is 2.57 bits per heavy atom. The first-order chi connectivity index (χ1) is 17.2. The van der Waals surface area contributed by atoms with Crippen molar-refractivity contribution in [3.05, 3.63) is 77.3 Å². The van der Waals surface area contributed by atoms with E-state index in [4.69, 9.17) is 4.42 Å². The van der Waals surface area contributed by atoms with Gasteiger partial charge < -0.3 is 14.6 Å². The van der Waals surface area contributed by atoms with Gasteiger partial charge in [-0.25, -0.2) is 4.98 Å². The predicted molar refractivity (Wildman–Crippen MR) is 134 cm³/mol. The summed E-state index contributed by atoms with van der Waals surface area (Å²) >= 11 is 0. The van der Waals surface area contributed by atoms with Gasteiger partial charge in [-0.15, -0.1) is 0 Å². The van der Waals surface area contributed by atoms with Crippen LogP contribution in [0.1, 0.15) is 57.7 Å². The smallest absolute Gasteiger partial charge is 0.273 e. The molecule has 182 valence electrons. The van der Waals surface area contributed by atoms with Crippen molar-refractivity contribution in [3.63, 3.8) is 0 Å². The van der Waals surface area contributed by atoms with E-state index < -0.39 is 0 Å². The van der Waals surface area contributed by atoms with Crippen LogP contribution in [-0.4, -0.2) is 59.3 Å². The summed E-state index contributed by atoms with van der Waals surface area (Å²) in [5.74, 6) is 0.0419. The Hall–Kier alpha value is -3.45. The van der Waals surface area contributed by atoms with Gasteiger partial charge in [-0.2, -0.15) is 0 Å². The van der Waals surface area contributed by atoms with E-state index in [1.807, 2.05) is 23.1 Å². The number of carbonyl (C=O) groups excluding carboxylic acids is 2. The number of hydrogen-bond acceptors (Lipinski definition) is 5. The number of fused-ring (bicyclic) bond motifs is 1. The highest BCUT2D eigenvalue weighted by Gasteiger charge is 2.26. The van der Waals surface area contributed by atoms with Crippen LogP contribution in [0.2, 0.25) is 0 Å². The quantitative estimate of drug-likeness (QED) is 0.523. The fourth-order valence-electron chi connectivity index (χ4n) is 5.07. The molecule has 0 atom stereocenters. The van der Waals surface area contributed by atoms with Crippen molar-refractivity contribution in [2.45, 2.75) is 38.6 Å². The summed E-state index contributed by atoms with van der Waals surface area (Å²) in [7, 11) is 0. The summed E-state index contributed by atoms with van der Waals surface area (Å²) in [6.45, 7) is 5.00. The topological polar surface area (TPSA) is 78.7 Å². The molecule has 1 fully saturated rings. The monoisotopic (exact) mass is 472 g/mol. The number of hydrogen-bond donors (Lipinski definition) is 1. The molecule has 1 aromatic heterocycles. The third-order valence-electron chi connectivity index (χ3n) is 6.97. The summed E-state index contributed by atoms with van der Waals surface area (Å²) in [5.41, 5.74) is 4.21. The molecule has 5 rings (SSSR count). The molecule has 0 unspecified atom stereocenters. The maximum absolute atomic E-state index is 13.2. The van der Waals surface area contributed by atoms with Crippen LogP contribution in [0.15, 0.2) is 59.3 Å². The van der Waals surface area contributed by atoms with Crippen LogP contribution in [0.25, 0.3) is 11.3 Å². The first-order valence-electron chi connectivity index (χ1n) is 12.6. The lowest BCUT2D eigenvalue weighted by atomic mass is 10.00. The molecular weight excluding hydrogens is 440 g/mol. The number of rotatable bonds is 7. The molecule has 0 spiro atoms. The van der Waals surface area contributed by atoms with Gasteiger partial charge in [0.2, 0.25) is 0 Å². The minimum absolute atomic E-state index is 0.0221. The zero-order valence-electron chi connectivity index (χ0n) is 20.0. The molecule has 0 radical (unpaired) electrons. The SMILES string of the molecule is O=C(NCCCN1CCc2ccccc2C1)c1ncoc1-c1ccccc1C(=O)N1CCCCC1. The minimum atomic E-state index is -0.280. The van der Waals surface area contributed by atoms with Crippen molar-refractivity contribution >= 4 is 11.8 Å². The molecule has 7 nitrogen and oxygen atoms in total. The first kappa shape index (κ1) is 23.3. The fourth-order valence-corrected chi connectivity index (χ4v) is 5.07. The average molecular weight is 473 g/mol. The van der Waals surface area contributed by atoms with Crippen LogP contribution >= 0.6 is 0 Å². The molecule has 2 aromatic carbocycles. The highest BCUT2D eigenvalue weighted by molar-refractivity contribution is 6.04. The Labute approximate surface area is 206 Å². The standard InChI is InChI=1S/C28H32N4O3/c33-27(29-14-8-15-31-18-13-21-9-2-3-10-22(21)19-31)25-26(35-20-30-25)23-11-4-5-12-24(23)28(34)32-16-6-1-7-17-32/h2-5,9-12,20H,1,6-8,13-19H2,(H,29,33). The summed E-state index contributed by atoms with van der Waals surface area (Å²) in [4.78, 5) is 34.6. The van der Waals surface area contributed by atoms with E-state index in [2.05, 4.69) is 39.5 Å². The van der Waals surface area contributed by atoms with Gasteiger partial charge in [0.1, 0.15) is 0 Å². The van der Waals surface area contributed by atoms with Gasteiger partial charge in [-0.1, -0.05) is 42.5 Å². The van der Waals surface area contributed by atoms with E-state index in [1.165, 1.54) is 17.5 Å². The van der Waals surface area contributed by atoms with Crippen LogP contribution in [-0.2, 0) is 13.0 Å². The summed E-state index contributed by atoms with van der Waals surface area (Å²) in [6.07, 6.45) is 6.40. The van der Waals surface area contributed by atoms with Gasteiger partial charge >= 0.3 is 0 Å². The molecule has 0 saturated carbocycles. The maximum Gasteiger partial charge on any atom is 0.273 e. The van der Waals surface area contributed by atoms with Crippen molar-refractivity contribution < 1.29 is 14.0 Å². The molecule has 2 aliphatic rings. The summed E-state index contributed by atoms with van der Waals surface area (Å²) < 4.78 is 5.63. The largest absolute Gasteiger partial charge is 0.443 e. The van der Waals surface area contributed by atoms with Gasteiger partial charge in [0.05, 0.1) is 5.56 Å². The number of likely N-dealkylation sites (tertiary alicyclic amines) is 1. The van der Waals surface area contributed by atoms with E-state index in [9.17, 15) is 9.59 Å².